The van der Waals surface area contributed by atoms with Crippen LogP contribution in [-0.2, 0) is 16.6 Å². The molecule has 2 aromatic carbocycles. The third-order valence-corrected chi connectivity index (χ3v) is 4.43. The first-order chi connectivity index (χ1) is 10.5. The Labute approximate surface area is 130 Å². The molecule has 0 fully saturated rings. The fourth-order valence-electron chi connectivity index (χ4n) is 1.83. The molecule has 0 spiro atoms. The van der Waals surface area contributed by atoms with E-state index in [9.17, 15) is 12.8 Å². The van der Waals surface area contributed by atoms with E-state index in [1.165, 1.54) is 18.2 Å². The summed E-state index contributed by atoms with van der Waals surface area (Å²) in [7, 11) is -3.68. The molecule has 0 aromatic heterocycles. The molecule has 0 bridgehead atoms. The van der Waals surface area contributed by atoms with Crippen LogP contribution in [0.1, 0.15) is 18.9 Å². The van der Waals surface area contributed by atoms with Gasteiger partial charge >= 0.3 is 0 Å². The SMILES string of the molecule is CCCOc1ccc(S(=O)(=O)NCc2ccccc2F)cc1. The molecule has 0 saturated carbocycles. The van der Waals surface area contributed by atoms with Crippen LogP contribution in [0.3, 0.4) is 0 Å². The van der Waals surface area contributed by atoms with Gasteiger partial charge in [-0.3, -0.25) is 0 Å². The minimum atomic E-state index is -3.68. The lowest BCUT2D eigenvalue weighted by Crippen LogP contribution is -2.23. The first-order valence-corrected chi connectivity index (χ1v) is 8.47. The summed E-state index contributed by atoms with van der Waals surface area (Å²) < 4.78 is 45.6. The fraction of sp³-hybridized carbons (Fsp3) is 0.250. The summed E-state index contributed by atoms with van der Waals surface area (Å²) in [6.07, 6.45) is 0.879. The van der Waals surface area contributed by atoms with Crippen molar-refractivity contribution in [3.05, 3.63) is 59.9 Å². The summed E-state index contributed by atoms with van der Waals surface area (Å²) in [4.78, 5) is 0.118. The quantitative estimate of drug-likeness (QED) is 0.852. The van der Waals surface area contributed by atoms with Gasteiger partial charge in [0.2, 0.25) is 10.0 Å². The van der Waals surface area contributed by atoms with Crippen molar-refractivity contribution < 1.29 is 17.5 Å². The Hall–Kier alpha value is -1.92. The fourth-order valence-corrected chi connectivity index (χ4v) is 2.84. The number of nitrogens with one attached hydrogen (secondary N) is 1. The van der Waals surface area contributed by atoms with Gasteiger partial charge in [0.1, 0.15) is 11.6 Å². The van der Waals surface area contributed by atoms with Gasteiger partial charge in [0.15, 0.2) is 0 Å². The van der Waals surface area contributed by atoms with E-state index in [-0.39, 0.29) is 11.4 Å². The molecule has 0 aliphatic rings. The second kappa shape index (κ2) is 7.38. The summed E-state index contributed by atoms with van der Waals surface area (Å²) in [5.41, 5.74) is 0.300. The van der Waals surface area contributed by atoms with Crippen LogP contribution in [0.2, 0.25) is 0 Å². The van der Waals surface area contributed by atoms with Gasteiger partial charge in [-0.25, -0.2) is 17.5 Å². The van der Waals surface area contributed by atoms with Crippen LogP contribution >= 0.6 is 0 Å². The van der Waals surface area contributed by atoms with Crippen molar-refractivity contribution in [2.75, 3.05) is 6.61 Å². The second-order valence-electron chi connectivity index (χ2n) is 4.74. The molecule has 0 amide bonds. The molecule has 0 aliphatic carbocycles. The van der Waals surface area contributed by atoms with Gasteiger partial charge in [0.05, 0.1) is 11.5 Å². The number of hydrogen-bond donors (Lipinski definition) is 1. The maximum absolute atomic E-state index is 13.5. The zero-order valence-electron chi connectivity index (χ0n) is 12.3. The molecule has 2 rings (SSSR count). The van der Waals surface area contributed by atoms with E-state index in [1.54, 1.807) is 30.3 Å². The van der Waals surface area contributed by atoms with Gasteiger partial charge in [-0.1, -0.05) is 25.1 Å². The van der Waals surface area contributed by atoms with E-state index < -0.39 is 15.8 Å². The lowest BCUT2D eigenvalue weighted by atomic mass is 10.2. The molecule has 4 nitrogen and oxygen atoms in total. The zero-order chi connectivity index (χ0) is 16.0. The maximum Gasteiger partial charge on any atom is 0.240 e. The number of sulfonamides is 1. The molecular weight excluding hydrogens is 305 g/mol. The monoisotopic (exact) mass is 323 g/mol. The lowest BCUT2D eigenvalue weighted by Gasteiger charge is -2.09. The number of ether oxygens (including phenoxy) is 1. The van der Waals surface area contributed by atoms with Crippen molar-refractivity contribution in [2.24, 2.45) is 0 Å². The molecule has 6 heteroatoms. The van der Waals surface area contributed by atoms with E-state index in [0.717, 1.165) is 6.42 Å². The van der Waals surface area contributed by atoms with E-state index in [0.29, 0.717) is 17.9 Å². The molecule has 118 valence electrons. The van der Waals surface area contributed by atoms with Gasteiger partial charge < -0.3 is 4.74 Å². The first kappa shape index (κ1) is 16.5. The second-order valence-corrected chi connectivity index (χ2v) is 6.50. The van der Waals surface area contributed by atoms with Crippen LogP contribution in [0.5, 0.6) is 5.75 Å². The van der Waals surface area contributed by atoms with Gasteiger partial charge in [-0.15, -0.1) is 0 Å². The van der Waals surface area contributed by atoms with Crippen LogP contribution in [0, 0.1) is 5.82 Å². The third-order valence-electron chi connectivity index (χ3n) is 3.02. The average Bonchev–Trinajstić information content (AvgIpc) is 2.52. The molecule has 0 unspecified atom stereocenters. The van der Waals surface area contributed by atoms with Crippen molar-refractivity contribution in [3.63, 3.8) is 0 Å². The molecule has 0 heterocycles. The molecule has 0 radical (unpaired) electrons. The highest BCUT2D eigenvalue weighted by atomic mass is 32.2. The number of rotatable bonds is 7. The minimum Gasteiger partial charge on any atom is -0.494 e. The molecule has 0 aliphatic heterocycles. The van der Waals surface area contributed by atoms with Crippen molar-refractivity contribution in [1.82, 2.24) is 4.72 Å². The number of hydrogen-bond acceptors (Lipinski definition) is 3. The Balaban J connectivity index is 2.05. The van der Waals surface area contributed by atoms with Gasteiger partial charge in [-0.05, 0) is 36.8 Å². The van der Waals surface area contributed by atoms with Gasteiger partial charge in [-0.2, -0.15) is 0 Å². The molecule has 1 N–H and O–H groups in total. The Morgan fingerprint density at radius 1 is 1.09 bits per heavy atom. The van der Waals surface area contributed by atoms with E-state index in [2.05, 4.69) is 4.72 Å². The number of halogens is 1. The average molecular weight is 323 g/mol. The van der Waals surface area contributed by atoms with Gasteiger partial charge in [0, 0.05) is 12.1 Å². The largest absolute Gasteiger partial charge is 0.494 e. The van der Waals surface area contributed by atoms with E-state index in [4.69, 9.17) is 4.74 Å². The highest BCUT2D eigenvalue weighted by molar-refractivity contribution is 7.89. The highest BCUT2D eigenvalue weighted by Crippen LogP contribution is 2.16. The smallest absolute Gasteiger partial charge is 0.240 e. The Bertz CT molecular complexity index is 714. The molecular formula is C16H18FNO3S. The molecule has 22 heavy (non-hydrogen) atoms. The number of benzene rings is 2. The maximum atomic E-state index is 13.5. The van der Waals surface area contributed by atoms with Crippen LogP contribution in [0.4, 0.5) is 4.39 Å². The predicted octanol–water partition coefficient (Wildman–Crippen LogP) is 3.09. The zero-order valence-corrected chi connectivity index (χ0v) is 13.1. The van der Waals surface area contributed by atoms with Crippen LogP contribution in [-0.4, -0.2) is 15.0 Å². The van der Waals surface area contributed by atoms with E-state index >= 15 is 0 Å². The lowest BCUT2D eigenvalue weighted by molar-refractivity contribution is 0.317. The van der Waals surface area contributed by atoms with Crippen LogP contribution in [0.25, 0.3) is 0 Å². The predicted molar refractivity (Wildman–Crippen MR) is 82.7 cm³/mol. The minimum absolute atomic E-state index is 0.0942. The highest BCUT2D eigenvalue weighted by Gasteiger charge is 2.14. The van der Waals surface area contributed by atoms with Crippen molar-refractivity contribution in [2.45, 2.75) is 24.8 Å². The van der Waals surface area contributed by atoms with Crippen LogP contribution < -0.4 is 9.46 Å². The van der Waals surface area contributed by atoms with Crippen molar-refractivity contribution >= 4 is 10.0 Å². The topological polar surface area (TPSA) is 55.4 Å². The molecule has 2 aromatic rings. The third kappa shape index (κ3) is 4.29. The standard InChI is InChI=1S/C16H18FNO3S/c1-2-11-21-14-7-9-15(10-8-14)22(19,20)18-12-13-5-3-4-6-16(13)17/h3-10,18H,2,11-12H2,1H3. The van der Waals surface area contributed by atoms with Crippen LogP contribution in [0.15, 0.2) is 53.4 Å². The van der Waals surface area contributed by atoms with E-state index in [1.807, 2.05) is 6.92 Å². The van der Waals surface area contributed by atoms with Crippen molar-refractivity contribution in [1.29, 1.82) is 0 Å². The van der Waals surface area contributed by atoms with Crippen molar-refractivity contribution in [3.8, 4) is 5.75 Å². The Morgan fingerprint density at radius 2 is 1.77 bits per heavy atom. The summed E-state index contributed by atoms with van der Waals surface area (Å²) in [6, 6.07) is 12.2. The Morgan fingerprint density at radius 3 is 2.41 bits per heavy atom. The summed E-state index contributed by atoms with van der Waals surface area (Å²) in [6.45, 7) is 2.48. The Kier molecular flexibility index (Phi) is 5.51. The normalized spacial score (nSPS) is 11.4. The molecule has 0 saturated heterocycles. The first-order valence-electron chi connectivity index (χ1n) is 6.99. The molecule has 0 atom stereocenters. The summed E-state index contributed by atoms with van der Waals surface area (Å²) >= 11 is 0. The summed E-state index contributed by atoms with van der Waals surface area (Å²) in [5.74, 6) is 0.184. The van der Waals surface area contributed by atoms with Gasteiger partial charge in [0.25, 0.3) is 0 Å². The summed E-state index contributed by atoms with van der Waals surface area (Å²) in [5, 5.41) is 0.